The summed E-state index contributed by atoms with van der Waals surface area (Å²) in [7, 11) is 0. The van der Waals surface area contributed by atoms with Gasteiger partial charge in [0.1, 0.15) is 11.9 Å². The summed E-state index contributed by atoms with van der Waals surface area (Å²) in [6, 6.07) is 1.99. The lowest BCUT2D eigenvalue weighted by molar-refractivity contribution is 0.198. The van der Waals surface area contributed by atoms with E-state index in [2.05, 4.69) is 35.6 Å². The maximum Gasteiger partial charge on any atom is 0.158 e. The first-order valence-electron chi connectivity index (χ1n) is 6.48. The first kappa shape index (κ1) is 12.8. The van der Waals surface area contributed by atoms with Crippen LogP contribution >= 0.6 is 0 Å². The van der Waals surface area contributed by atoms with E-state index in [1.807, 2.05) is 6.07 Å². The van der Waals surface area contributed by atoms with E-state index in [1.54, 1.807) is 12.4 Å². The molecule has 0 amide bonds. The average molecular weight is 244 g/mol. The second-order valence-electron chi connectivity index (χ2n) is 6.00. The van der Waals surface area contributed by atoms with Gasteiger partial charge in [0.15, 0.2) is 5.69 Å². The van der Waals surface area contributed by atoms with Crippen LogP contribution in [0.4, 0.5) is 5.82 Å². The molecule has 96 valence electrons. The number of piperidine rings is 1. The van der Waals surface area contributed by atoms with Crippen LogP contribution in [-0.4, -0.2) is 23.1 Å². The number of rotatable bonds is 1. The Hall–Kier alpha value is -1.63. The van der Waals surface area contributed by atoms with Crippen LogP contribution in [0.1, 0.15) is 39.3 Å². The van der Waals surface area contributed by atoms with Crippen molar-refractivity contribution in [1.29, 1.82) is 5.26 Å². The molecular weight excluding hydrogens is 224 g/mol. The third-order valence-electron chi connectivity index (χ3n) is 3.80. The first-order valence-corrected chi connectivity index (χ1v) is 6.48. The smallest absolute Gasteiger partial charge is 0.158 e. The van der Waals surface area contributed by atoms with Crippen molar-refractivity contribution in [2.75, 3.05) is 18.0 Å². The molecule has 1 aliphatic heterocycles. The van der Waals surface area contributed by atoms with Crippen LogP contribution in [0.2, 0.25) is 0 Å². The highest BCUT2D eigenvalue weighted by Gasteiger charge is 2.29. The minimum Gasteiger partial charge on any atom is -0.355 e. The zero-order valence-electron chi connectivity index (χ0n) is 11.3. The molecule has 0 aliphatic carbocycles. The summed E-state index contributed by atoms with van der Waals surface area (Å²) < 4.78 is 0. The van der Waals surface area contributed by atoms with Crippen LogP contribution in [0.3, 0.4) is 0 Å². The van der Waals surface area contributed by atoms with Gasteiger partial charge in [0.25, 0.3) is 0 Å². The molecule has 0 saturated carbocycles. The van der Waals surface area contributed by atoms with Crippen LogP contribution in [0.5, 0.6) is 0 Å². The fourth-order valence-corrected chi connectivity index (χ4v) is 2.52. The Bertz CT molecular complexity index is 430. The molecule has 18 heavy (non-hydrogen) atoms. The SMILES string of the molecule is CC(C)(C)C1CCN(c2cnc(C#N)cn2)CC1. The van der Waals surface area contributed by atoms with E-state index in [0.717, 1.165) is 24.8 Å². The van der Waals surface area contributed by atoms with Crippen molar-refractivity contribution >= 4 is 5.82 Å². The summed E-state index contributed by atoms with van der Waals surface area (Å²) in [5.41, 5.74) is 0.769. The van der Waals surface area contributed by atoms with Gasteiger partial charge >= 0.3 is 0 Å². The molecule has 4 nitrogen and oxygen atoms in total. The monoisotopic (exact) mass is 244 g/mol. The number of hydrogen-bond donors (Lipinski definition) is 0. The Labute approximate surface area is 109 Å². The molecule has 1 aromatic rings. The molecule has 0 unspecified atom stereocenters. The van der Waals surface area contributed by atoms with Crippen molar-refractivity contribution in [3.8, 4) is 6.07 Å². The summed E-state index contributed by atoms with van der Waals surface area (Å²) in [5.74, 6) is 1.67. The minimum absolute atomic E-state index is 0.378. The lowest BCUT2D eigenvalue weighted by Gasteiger charge is -2.39. The Morgan fingerprint density at radius 3 is 2.33 bits per heavy atom. The highest BCUT2D eigenvalue weighted by Crippen LogP contribution is 2.34. The lowest BCUT2D eigenvalue weighted by atomic mass is 9.75. The number of aromatic nitrogens is 2. The van der Waals surface area contributed by atoms with E-state index >= 15 is 0 Å². The standard InChI is InChI=1S/C14H20N4/c1-14(2,3)11-4-6-18(7-5-11)13-10-16-12(8-15)9-17-13/h9-11H,4-7H2,1-3H3. The highest BCUT2D eigenvalue weighted by molar-refractivity contribution is 5.37. The largest absolute Gasteiger partial charge is 0.355 e. The first-order chi connectivity index (χ1) is 8.50. The molecule has 0 atom stereocenters. The normalized spacial score (nSPS) is 17.6. The predicted molar refractivity (Wildman–Crippen MR) is 71.1 cm³/mol. The van der Waals surface area contributed by atoms with Crippen molar-refractivity contribution in [1.82, 2.24) is 9.97 Å². The van der Waals surface area contributed by atoms with Gasteiger partial charge in [-0.15, -0.1) is 0 Å². The number of nitriles is 1. The molecule has 1 aromatic heterocycles. The van der Waals surface area contributed by atoms with Crippen molar-refractivity contribution in [3.63, 3.8) is 0 Å². The number of hydrogen-bond acceptors (Lipinski definition) is 4. The Morgan fingerprint density at radius 1 is 1.22 bits per heavy atom. The zero-order chi connectivity index (χ0) is 13.2. The van der Waals surface area contributed by atoms with Gasteiger partial charge in [-0.05, 0) is 24.2 Å². The fourth-order valence-electron chi connectivity index (χ4n) is 2.52. The van der Waals surface area contributed by atoms with E-state index in [0.29, 0.717) is 11.1 Å². The van der Waals surface area contributed by atoms with E-state index in [-0.39, 0.29) is 0 Å². The van der Waals surface area contributed by atoms with Gasteiger partial charge in [-0.2, -0.15) is 5.26 Å². The topological polar surface area (TPSA) is 52.8 Å². The summed E-state index contributed by atoms with van der Waals surface area (Å²) >= 11 is 0. The molecule has 2 rings (SSSR count). The zero-order valence-corrected chi connectivity index (χ0v) is 11.3. The number of nitrogens with zero attached hydrogens (tertiary/aromatic N) is 4. The van der Waals surface area contributed by atoms with Crippen molar-refractivity contribution in [2.24, 2.45) is 11.3 Å². The maximum atomic E-state index is 8.70. The second kappa shape index (κ2) is 4.93. The van der Waals surface area contributed by atoms with Crippen LogP contribution in [0, 0.1) is 22.7 Å². The minimum atomic E-state index is 0.378. The molecule has 1 aliphatic rings. The summed E-state index contributed by atoms with van der Waals surface area (Å²) in [6.07, 6.45) is 5.65. The van der Waals surface area contributed by atoms with E-state index in [9.17, 15) is 0 Å². The number of anilines is 1. The Morgan fingerprint density at radius 2 is 1.89 bits per heavy atom. The molecule has 0 spiro atoms. The van der Waals surface area contributed by atoms with Crippen molar-refractivity contribution in [2.45, 2.75) is 33.6 Å². The maximum absolute atomic E-state index is 8.70. The quantitative estimate of drug-likeness (QED) is 0.762. The lowest BCUT2D eigenvalue weighted by Crippen LogP contribution is -2.38. The van der Waals surface area contributed by atoms with Crippen LogP contribution in [-0.2, 0) is 0 Å². The van der Waals surface area contributed by atoms with Gasteiger partial charge in [-0.3, -0.25) is 0 Å². The molecule has 2 heterocycles. The average Bonchev–Trinajstić information content (AvgIpc) is 2.38. The summed E-state index contributed by atoms with van der Waals surface area (Å²) in [5, 5.41) is 8.70. The van der Waals surface area contributed by atoms with Gasteiger partial charge in [0.2, 0.25) is 0 Å². The third-order valence-corrected chi connectivity index (χ3v) is 3.80. The molecular formula is C14H20N4. The van der Waals surface area contributed by atoms with Crippen LogP contribution in [0.25, 0.3) is 0 Å². The third kappa shape index (κ3) is 2.79. The van der Waals surface area contributed by atoms with E-state index < -0.39 is 0 Å². The molecule has 1 saturated heterocycles. The van der Waals surface area contributed by atoms with Crippen LogP contribution in [0.15, 0.2) is 12.4 Å². The fraction of sp³-hybridized carbons (Fsp3) is 0.643. The van der Waals surface area contributed by atoms with Gasteiger partial charge < -0.3 is 4.90 Å². The molecule has 0 N–H and O–H groups in total. The predicted octanol–water partition coefficient (Wildman–Crippen LogP) is 2.61. The summed E-state index contributed by atoms with van der Waals surface area (Å²) in [6.45, 7) is 9.00. The van der Waals surface area contributed by atoms with Gasteiger partial charge in [-0.1, -0.05) is 20.8 Å². The summed E-state index contributed by atoms with van der Waals surface area (Å²) in [4.78, 5) is 10.6. The molecule has 0 aromatic carbocycles. The van der Waals surface area contributed by atoms with Crippen molar-refractivity contribution < 1.29 is 0 Å². The Balaban J connectivity index is 1.99. The van der Waals surface area contributed by atoms with Crippen molar-refractivity contribution in [3.05, 3.63) is 18.1 Å². The van der Waals surface area contributed by atoms with Gasteiger partial charge in [-0.25, -0.2) is 9.97 Å². The van der Waals surface area contributed by atoms with Gasteiger partial charge in [0, 0.05) is 13.1 Å². The molecule has 0 radical (unpaired) electrons. The molecule has 4 heteroatoms. The second-order valence-corrected chi connectivity index (χ2v) is 6.00. The molecule has 1 fully saturated rings. The van der Waals surface area contributed by atoms with E-state index in [4.69, 9.17) is 5.26 Å². The Kier molecular flexibility index (Phi) is 3.51. The van der Waals surface area contributed by atoms with Crippen LogP contribution < -0.4 is 4.90 Å². The van der Waals surface area contributed by atoms with Gasteiger partial charge in [0.05, 0.1) is 12.4 Å². The highest BCUT2D eigenvalue weighted by atomic mass is 15.2. The van der Waals surface area contributed by atoms with E-state index in [1.165, 1.54) is 12.8 Å². The molecule has 0 bridgehead atoms.